The second-order valence-electron chi connectivity index (χ2n) is 6.22. The molecule has 0 aliphatic carbocycles. The van der Waals surface area contributed by atoms with Gasteiger partial charge >= 0.3 is 0 Å². The minimum Gasteiger partial charge on any atom is -0.324 e. The molecule has 0 aromatic carbocycles. The Labute approximate surface area is 160 Å². The van der Waals surface area contributed by atoms with E-state index in [0.717, 1.165) is 23.9 Å². The number of amides is 2. The third-order valence-electron chi connectivity index (χ3n) is 4.17. The van der Waals surface area contributed by atoms with Crippen LogP contribution in [0.1, 0.15) is 12.8 Å². The number of nitrogens with one attached hydrogen (secondary N) is 2. The Morgan fingerprint density at radius 3 is 2.85 bits per heavy atom. The molecular weight excluding hydrogens is 398 g/mol. The Kier molecular flexibility index (Phi) is 6.30. The zero-order valence-electron chi connectivity index (χ0n) is 14.2. The lowest BCUT2D eigenvalue weighted by Gasteiger charge is -2.31. The number of anilines is 2. The summed E-state index contributed by atoms with van der Waals surface area (Å²) in [5.41, 5.74) is 0.671. The van der Waals surface area contributed by atoms with E-state index in [4.69, 9.17) is 0 Å². The molecule has 136 valence electrons. The first-order valence-electron chi connectivity index (χ1n) is 8.45. The smallest absolute Gasteiger partial charge is 0.238 e. The maximum absolute atomic E-state index is 12.5. The molecule has 26 heavy (non-hydrogen) atoms. The third kappa shape index (κ3) is 5.34. The Balaban J connectivity index is 1.51. The van der Waals surface area contributed by atoms with Gasteiger partial charge in [0.1, 0.15) is 5.82 Å². The normalized spacial score (nSPS) is 17.5. The fraction of sp³-hybridized carbons (Fsp3) is 0.333. The zero-order valence-corrected chi connectivity index (χ0v) is 15.8. The molecule has 3 heterocycles. The van der Waals surface area contributed by atoms with Crippen molar-refractivity contribution < 1.29 is 9.59 Å². The molecule has 0 spiro atoms. The van der Waals surface area contributed by atoms with Gasteiger partial charge in [-0.3, -0.25) is 19.5 Å². The lowest BCUT2D eigenvalue weighted by Crippen LogP contribution is -2.44. The fourth-order valence-electron chi connectivity index (χ4n) is 2.93. The molecule has 8 heteroatoms. The topological polar surface area (TPSA) is 87.2 Å². The van der Waals surface area contributed by atoms with E-state index < -0.39 is 0 Å². The van der Waals surface area contributed by atoms with Gasteiger partial charge in [0.25, 0.3) is 0 Å². The Bertz CT molecular complexity index is 754. The van der Waals surface area contributed by atoms with Gasteiger partial charge < -0.3 is 10.6 Å². The van der Waals surface area contributed by atoms with Gasteiger partial charge in [0, 0.05) is 23.4 Å². The van der Waals surface area contributed by atoms with Crippen LogP contribution in [0.2, 0.25) is 0 Å². The average molecular weight is 418 g/mol. The highest BCUT2D eigenvalue weighted by Gasteiger charge is 2.27. The van der Waals surface area contributed by atoms with Crippen LogP contribution in [0.15, 0.2) is 47.3 Å². The molecule has 0 bridgehead atoms. The molecule has 3 rings (SSSR count). The Hall–Kier alpha value is -2.32. The summed E-state index contributed by atoms with van der Waals surface area (Å²) in [6.45, 7) is 1.62. The lowest BCUT2D eigenvalue weighted by molar-refractivity contribution is -0.123. The summed E-state index contributed by atoms with van der Waals surface area (Å²) in [4.78, 5) is 34.8. The molecule has 2 aromatic heterocycles. The molecule has 1 aliphatic heterocycles. The largest absolute Gasteiger partial charge is 0.324 e. The number of halogens is 1. The van der Waals surface area contributed by atoms with Crippen LogP contribution in [-0.2, 0) is 9.59 Å². The van der Waals surface area contributed by atoms with Crippen molar-refractivity contribution in [2.75, 3.05) is 30.3 Å². The second-order valence-corrected chi connectivity index (χ2v) is 7.13. The summed E-state index contributed by atoms with van der Waals surface area (Å²) in [7, 11) is 0. The molecule has 1 aliphatic rings. The van der Waals surface area contributed by atoms with Gasteiger partial charge in [-0.05, 0) is 59.6 Å². The first kappa shape index (κ1) is 18.5. The number of hydrogen-bond acceptors (Lipinski definition) is 5. The van der Waals surface area contributed by atoms with Crippen molar-refractivity contribution in [1.82, 2.24) is 14.9 Å². The first-order valence-corrected chi connectivity index (χ1v) is 9.24. The van der Waals surface area contributed by atoms with Crippen LogP contribution in [-0.4, -0.2) is 46.3 Å². The van der Waals surface area contributed by atoms with Gasteiger partial charge in [0.15, 0.2) is 0 Å². The standard InChI is InChI=1S/C18H20BrN5O2/c19-14-5-6-16(21-9-14)23-18(26)13-3-2-8-24(11-13)12-17(25)22-15-4-1-7-20-10-15/h1,4-7,9-10,13H,2-3,8,11-12H2,(H,22,25)(H,21,23,26)/t13-/m1/s1. The monoisotopic (exact) mass is 417 g/mol. The van der Waals surface area contributed by atoms with Gasteiger partial charge in [0.05, 0.1) is 24.3 Å². The molecule has 0 saturated carbocycles. The number of carbonyl (C=O) groups is 2. The van der Waals surface area contributed by atoms with Gasteiger partial charge in [-0.1, -0.05) is 0 Å². The van der Waals surface area contributed by atoms with Crippen molar-refractivity contribution in [3.8, 4) is 0 Å². The SMILES string of the molecule is O=C(CN1CCC[C@@H](C(=O)Nc2ccc(Br)cn2)C1)Nc1cccnc1. The highest BCUT2D eigenvalue weighted by molar-refractivity contribution is 9.10. The molecule has 2 aromatic rings. The molecule has 0 unspecified atom stereocenters. The summed E-state index contributed by atoms with van der Waals surface area (Å²) in [6, 6.07) is 7.15. The van der Waals surface area contributed by atoms with E-state index in [-0.39, 0.29) is 24.3 Å². The van der Waals surface area contributed by atoms with Crippen molar-refractivity contribution in [2.24, 2.45) is 5.92 Å². The van der Waals surface area contributed by atoms with Crippen LogP contribution in [0, 0.1) is 5.92 Å². The summed E-state index contributed by atoms with van der Waals surface area (Å²) in [6.07, 6.45) is 6.60. The quantitative estimate of drug-likeness (QED) is 0.780. The highest BCUT2D eigenvalue weighted by Crippen LogP contribution is 2.19. The number of carbonyl (C=O) groups excluding carboxylic acids is 2. The van der Waals surface area contributed by atoms with Crippen LogP contribution in [0.3, 0.4) is 0 Å². The molecule has 1 atom stereocenters. The number of pyridine rings is 2. The van der Waals surface area contributed by atoms with Crippen LogP contribution in [0.25, 0.3) is 0 Å². The van der Waals surface area contributed by atoms with Crippen LogP contribution >= 0.6 is 15.9 Å². The highest BCUT2D eigenvalue weighted by atomic mass is 79.9. The van der Waals surface area contributed by atoms with E-state index in [1.807, 2.05) is 11.0 Å². The van der Waals surface area contributed by atoms with Crippen LogP contribution in [0.4, 0.5) is 11.5 Å². The summed E-state index contributed by atoms with van der Waals surface area (Å²) < 4.78 is 0.860. The molecule has 1 fully saturated rings. The van der Waals surface area contributed by atoms with Gasteiger partial charge in [0.2, 0.25) is 11.8 Å². The van der Waals surface area contributed by atoms with Crippen molar-refractivity contribution in [3.05, 3.63) is 47.3 Å². The van der Waals surface area contributed by atoms with Gasteiger partial charge in [-0.15, -0.1) is 0 Å². The number of rotatable bonds is 5. The molecule has 2 N–H and O–H groups in total. The lowest BCUT2D eigenvalue weighted by atomic mass is 9.97. The number of likely N-dealkylation sites (tertiary alicyclic amines) is 1. The third-order valence-corrected chi connectivity index (χ3v) is 4.64. The van der Waals surface area contributed by atoms with Crippen LogP contribution in [0.5, 0.6) is 0 Å². The fourth-order valence-corrected chi connectivity index (χ4v) is 3.17. The maximum Gasteiger partial charge on any atom is 0.238 e. The average Bonchev–Trinajstić information content (AvgIpc) is 2.64. The Morgan fingerprint density at radius 1 is 1.23 bits per heavy atom. The molecule has 2 amide bonds. The van der Waals surface area contributed by atoms with Gasteiger partial charge in [-0.25, -0.2) is 4.98 Å². The van der Waals surface area contributed by atoms with Crippen LogP contribution < -0.4 is 10.6 Å². The van der Waals surface area contributed by atoms with E-state index in [2.05, 4.69) is 36.5 Å². The summed E-state index contributed by atoms with van der Waals surface area (Å²) in [5.74, 6) is 0.218. The summed E-state index contributed by atoms with van der Waals surface area (Å²) in [5, 5.41) is 5.67. The predicted molar refractivity (Wildman–Crippen MR) is 103 cm³/mol. The van der Waals surface area contributed by atoms with E-state index in [1.165, 1.54) is 0 Å². The summed E-state index contributed by atoms with van der Waals surface area (Å²) >= 11 is 3.32. The van der Waals surface area contributed by atoms with E-state index in [0.29, 0.717) is 18.1 Å². The van der Waals surface area contributed by atoms with Crippen molar-refractivity contribution >= 4 is 39.2 Å². The first-order chi connectivity index (χ1) is 12.6. The number of nitrogens with zero attached hydrogens (tertiary/aromatic N) is 3. The maximum atomic E-state index is 12.5. The minimum absolute atomic E-state index is 0.0582. The van der Waals surface area contributed by atoms with Crippen molar-refractivity contribution in [2.45, 2.75) is 12.8 Å². The molecule has 7 nitrogen and oxygen atoms in total. The van der Waals surface area contributed by atoms with Crippen molar-refractivity contribution in [3.63, 3.8) is 0 Å². The minimum atomic E-state index is -0.152. The number of hydrogen-bond donors (Lipinski definition) is 2. The molecule has 0 radical (unpaired) electrons. The van der Waals surface area contributed by atoms with E-state index >= 15 is 0 Å². The molecule has 1 saturated heterocycles. The number of aromatic nitrogens is 2. The van der Waals surface area contributed by atoms with Crippen molar-refractivity contribution in [1.29, 1.82) is 0 Å². The number of piperidine rings is 1. The molecular formula is C18H20BrN5O2. The Morgan fingerprint density at radius 2 is 2.12 bits per heavy atom. The van der Waals surface area contributed by atoms with E-state index in [9.17, 15) is 9.59 Å². The second kappa shape index (κ2) is 8.86. The van der Waals surface area contributed by atoms with E-state index in [1.54, 1.807) is 36.8 Å². The zero-order chi connectivity index (χ0) is 18.4. The van der Waals surface area contributed by atoms with Gasteiger partial charge in [-0.2, -0.15) is 0 Å². The predicted octanol–water partition coefficient (Wildman–Crippen LogP) is 2.53.